The van der Waals surface area contributed by atoms with Crippen molar-refractivity contribution in [3.63, 3.8) is 0 Å². The number of nitrogens with one attached hydrogen (secondary N) is 1. The van der Waals surface area contributed by atoms with E-state index in [0.29, 0.717) is 11.9 Å². The van der Waals surface area contributed by atoms with Gasteiger partial charge in [-0.25, -0.2) is 0 Å². The Bertz CT molecular complexity index is 221. The van der Waals surface area contributed by atoms with Crippen molar-refractivity contribution >= 4 is 5.96 Å². The molecule has 3 N–H and O–H groups in total. The first-order valence-electron chi connectivity index (χ1n) is 6.98. The summed E-state index contributed by atoms with van der Waals surface area (Å²) in [5, 5.41) is 3.15. The summed E-state index contributed by atoms with van der Waals surface area (Å²) in [6, 6.07) is 0. The summed E-state index contributed by atoms with van der Waals surface area (Å²) in [5.41, 5.74) is 5.80. The number of unbranched alkanes of at least 4 members (excludes halogenated alkanes) is 1. The van der Waals surface area contributed by atoms with E-state index in [1.165, 1.54) is 32.4 Å². The van der Waals surface area contributed by atoms with Crippen LogP contribution >= 0.6 is 0 Å². The molecular weight excluding hydrogens is 212 g/mol. The summed E-state index contributed by atoms with van der Waals surface area (Å²) >= 11 is 0. The van der Waals surface area contributed by atoms with Crippen LogP contribution in [0.25, 0.3) is 0 Å². The van der Waals surface area contributed by atoms with Gasteiger partial charge in [0.1, 0.15) is 0 Å². The highest BCUT2D eigenvalue weighted by atomic mass is 15.1. The number of likely N-dealkylation sites (tertiary alicyclic amines) is 1. The zero-order valence-corrected chi connectivity index (χ0v) is 11.4. The van der Waals surface area contributed by atoms with Crippen molar-refractivity contribution in [3.8, 4) is 0 Å². The van der Waals surface area contributed by atoms with Crippen LogP contribution in [-0.2, 0) is 0 Å². The van der Waals surface area contributed by atoms with Crippen LogP contribution in [0.15, 0.2) is 4.99 Å². The van der Waals surface area contributed by atoms with Gasteiger partial charge >= 0.3 is 0 Å². The average molecular weight is 240 g/mol. The number of nitrogens with zero attached hydrogens (tertiary/aromatic N) is 2. The van der Waals surface area contributed by atoms with Gasteiger partial charge in [0.15, 0.2) is 5.96 Å². The first-order valence-corrected chi connectivity index (χ1v) is 6.98. The fourth-order valence-corrected chi connectivity index (χ4v) is 2.17. The van der Waals surface area contributed by atoms with E-state index in [1.54, 1.807) is 0 Å². The van der Waals surface area contributed by atoms with E-state index in [-0.39, 0.29) is 0 Å². The van der Waals surface area contributed by atoms with Crippen LogP contribution in [0.1, 0.15) is 39.5 Å². The van der Waals surface area contributed by atoms with Gasteiger partial charge in [0.05, 0.1) is 0 Å². The molecule has 1 fully saturated rings. The molecule has 17 heavy (non-hydrogen) atoms. The van der Waals surface area contributed by atoms with Gasteiger partial charge in [0.2, 0.25) is 0 Å². The number of aliphatic imine (C=N–C) groups is 1. The van der Waals surface area contributed by atoms with Gasteiger partial charge in [-0.2, -0.15) is 0 Å². The molecule has 0 aromatic rings. The van der Waals surface area contributed by atoms with E-state index >= 15 is 0 Å². The molecule has 0 aromatic carbocycles. The Balaban J connectivity index is 2.11. The third-order valence-electron chi connectivity index (χ3n) is 3.18. The first-order chi connectivity index (χ1) is 8.22. The van der Waals surface area contributed by atoms with Crippen LogP contribution in [-0.4, -0.2) is 43.6 Å². The second kappa shape index (κ2) is 8.34. The minimum Gasteiger partial charge on any atom is -0.370 e. The third kappa shape index (κ3) is 6.51. The summed E-state index contributed by atoms with van der Waals surface area (Å²) in [6.45, 7) is 9.88. The topological polar surface area (TPSA) is 53.6 Å². The Hall–Kier alpha value is -0.770. The van der Waals surface area contributed by atoms with Gasteiger partial charge in [0, 0.05) is 19.6 Å². The molecule has 0 aliphatic carbocycles. The van der Waals surface area contributed by atoms with Crippen LogP contribution in [0.4, 0.5) is 0 Å². The summed E-state index contributed by atoms with van der Waals surface area (Å²) in [7, 11) is 0. The lowest BCUT2D eigenvalue weighted by atomic mass is 10.2. The molecule has 4 heteroatoms. The summed E-state index contributed by atoms with van der Waals surface area (Å²) in [5.74, 6) is 1.20. The van der Waals surface area contributed by atoms with Gasteiger partial charge in [-0.15, -0.1) is 0 Å². The number of rotatable bonds is 7. The fourth-order valence-electron chi connectivity index (χ4n) is 2.17. The Morgan fingerprint density at radius 2 is 2.12 bits per heavy atom. The molecule has 0 amide bonds. The lowest BCUT2D eigenvalue weighted by molar-refractivity contribution is 0.291. The Morgan fingerprint density at radius 1 is 1.41 bits per heavy atom. The molecule has 0 aromatic heterocycles. The van der Waals surface area contributed by atoms with E-state index < -0.39 is 0 Å². The number of guanidine groups is 1. The quantitative estimate of drug-likeness (QED) is 0.402. The van der Waals surface area contributed by atoms with Crippen molar-refractivity contribution < 1.29 is 0 Å². The minimum atomic E-state index is 0.597. The van der Waals surface area contributed by atoms with E-state index in [2.05, 4.69) is 29.1 Å². The van der Waals surface area contributed by atoms with Gasteiger partial charge in [-0.3, -0.25) is 4.99 Å². The lowest BCUT2D eigenvalue weighted by Gasteiger charge is -2.18. The van der Waals surface area contributed by atoms with E-state index in [4.69, 9.17) is 5.73 Å². The largest absolute Gasteiger partial charge is 0.370 e. The number of hydrogen-bond acceptors (Lipinski definition) is 2. The molecule has 0 spiro atoms. The molecule has 0 radical (unpaired) electrons. The summed E-state index contributed by atoms with van der Waals surface area (Å²) in [6.07, 6.45) is 5.05. The van der Waals surface area contributed by atoms with Crippen LogP contribution in [0.5, 0.6) is 0 Å². The van der Waals surface area contributed by atoms with Crippen molar-refractivity contribution in [2.75, 3.05) is 32.7 Å². The predicted octanol–water partition coefficient (Wildman–Crippen LogP) is 1.42. The zero-order valence-electron chi connectivity index (χ0n) is 11.4. The minimum absolute atomic E-state index is 0.597. The maximum absolute atomic E-state index is 5.80. The molecule has 100 valence electrons. The molecule has 1 atom stereocenters. The second-order valence-corrected chi connectivity index (χ2v) is 5.12. The summed E-state index contributed by atoms with van der Waals surface area (Å²) < 4.78 is 0. The summed E-state index contributed by atoms with van der Waals surface area (Å²) in [4.78, 5) is 6.92. The van der Waals surface area contributed by atoms with E-state index in [9.17, 15) is 0 Å². The van der Waals surface area contributed by atoms with Gasteiger partial charge in [0.25, 0.3) is 0 Å². The van der Waals surface area contributed by atoms with E-state index in [0.717, 1.165) is 26.1 Å². The SMILES string of the molecule is CCCCNC(N)=NCC(C)CN1CCCC1. The third-order valence-corrected chi connectivity index (χ3v) is 3.18. The Morgan fingerprint density at radius 3 is 2.76 bits per heavy atom. The number of hydrogen-bond donors (Lipinski definition) is 2. The van der Waals surface area contributed by atoms with Crippen LogP contribution in [0.3, 0.4) is 0 Å². The van der Waals surface area contributed by atoms with Crippen molar-refractivity contribution in [1.82, 2.24) is 10.2 Å². The van der Waals surface area contributed by atoms with Gasteiger partial charge in [-0.05, 0) is 38.3 Å². The normalized spacial score (nSPS) is 19.5. The maximum atomic E-state index is 5.80. The molecule has 1 aliphatic heterocycles. The highest BCUT2D eigenvalue weighted by molar-refractivity contribution is 5.77. The van der Waals surface area contributed by atoms with Crippen molar-refractivity contribution in [1.29, 1.82) is 0 Å². The average Bonchev–Trinajstić information content (AvgIpc) is 2.79. The first kappa shape index (κ1) is 14.3. The van der Waals surface area contributed by atoms with Crippen molar-refractivity contribution in [2.24, 2.45) is 16.6 Å². The second-order valence-electron chi connectivity index (χ2n) is 5.12. The maximum Gasteiger partial charge on any atom is 0.188 e. The molecule has 4 nitrogen and oxygen atoms in total. The molecule has 1 saturated heterocycles. The van der Waals surface area contributed by atoms with Crippen molar-refractivity contribution in [2.45, 2.75) is 39.5 Å². The highest BCUT2D eigenvalue weighted by Crippen LogP contribution is 2.10. The van der Waals surface area contributed by atoms with Crippen molar-refractivity contribution in [3.05, 3.63) is 0 Å². The molecule has 1 rings (SSSR count). The predicted molar refractivity (Wildman–Crippen MR) is 74.2 cm³/mol. The molecule has 0 saturated carbocycles. The zero-order chi connectivity index (χ0) is 12.5. The Labute approximate surface area is 106 Å². The number of nitrogens with two attached hydrogens (primary N) is 1. The fraction of sp³-hybridized carbons (Fsp3) is 0.923. The monoisotopic (exact) mass is 240 g/mol. The smallest absolute Gasteiger partial charge is 0.188 e. The molecule has 0 bridgehead atoms. The van der Waals surface area contributed by atoms with Crippen LogP contribution in [0, 0.1) is 5.92 Å². The van der Waals surface area contributed by atoms with E-state index in [1.807, 2.05) is 0 Å². The lowest BCUT2D eigenvalue weighted by Crippen LogP contribution is -2.33. The molecular formula is C13H28N4. The molecule has 1 aliphatic rings. The molecule has 1 heterocycles. The standard InChI is InChI=1S/C13H28N4/c1-3-4-7-15-13(14)16-10-12(2)11-17-8-5-6-9-17/h12H,3-11H2,1-2H3,(H3,14,15,16). The highest BCUT2D eigenvalue weighted by Gasteiger charge is 2.14. The van der Waals surface area contributed by atoms with Crippen LogP contribution in [0.2, 0.25) is 0 Å². The van der Waals surface area contributed by atoms with Gasteiger partial charge in [-0.1, -0.05) is 20.3 Å². The van der Waals surface area contributed by atoms with Crippen LogP contribution < -0.4 is 11.1 Å². The Kier molecular flexibility index (Phi) is 7.01. The molecule has 1 unspecified atom stereocenters. The van der Waals surface area contributed by atoms with Gasteiger partial charge < -0.3 is 16.0 Å².